The second-order valence-corrected chi connectivity index (χ2v) is 6.05. The molecule has 0 amide bonds. The van der Waals surface area contributed by atoms with Gasteiger partial charge in [-0.2, -0.15) is 0 Å². The minimum atomic E-state index is -0.276. The summed E-state index contributed by atoms with van der Waals surface area (Å²) in [5.41, 5.74) is 2.62. The molecule has 1 aliphatic heterocycles. The second kappa shape index (κ2) is 6.79. The Morgan fingerprint density at radius 2 is 1.96 bits per heavy atom. The number of hydrogen-bond acceptors (Lipinski definition) is 4. The van der Waals surface area contributed by atoms with Crippen LogP contribution in [0.2, 0.25) is 0 Å². The molecule has 2 aromatic rings. The SMILES string of the molecule is CC1=CCc2c(cc(O)c(C(=O)CCc3ccccc3)c2O)OC1. The maximum absolute atomic E-state index is 12.5. The molecule has 124 valence electrons. The van der Waals surface area contributed by atoms with Crippen LogP contribution in [-0.2, 0) is 12.8 Å². The molecule has 0 fully saturated rings. The standard InChI is InChI=1S/C20H20O4/c1-13-7-9-15-18(24-12-13)11-17(22)19(20(15)23)16(21)10-8-14-5-3-2-4-6-14/h2-7,11,22-23H,8-10,12H2,1H3. The van der Waals surface area contributed by atoms with Crippen molar-refractivity contribution in [2.24, 2.45) is 0 Å². The van der Waals surface area contributed by atoms with E-state index >= 15 is 0 Å². The van der Waals surface area contributed by atoms with Gasteiger partial charge in [0.1, 0.15) is 29.4 Å². The van der Waals surface area contributed by atoms with Gasteiger partial charge in [0, 0.05) is 18.1 Å². The monoisotopic (exact) mass is 324 g/mol. The van der Waals surface area contributed by atoms with Crippen LogP contribution in [0.3, 0.4) is 0 Å². The van der Waals surface area contributed by atoms with E-state index in [2.05, 4.69) is 0 Å². The summed E-state index contributed by atoms with van der Waals surface area (Å²) in [6.07, 6.45) is 3.22. The lowest BCUT2D eigenvalue weighted by Gasteiger charge is -2.14. The molecule has 2 aromatic carbocycles. The first kappa shape index (κ1) is 16.1. The lowest BCUT2D eigenvalue weighted by Crippen LogP contribution is -2.05. The molecule has 0 aliphatic carbocycles. The second-order valence-electron chi connectivity index (χ2n) is 6.05. The van der Waals surface area contributed by atoms with E-state index in [9.17, 15) is 15.0 Å². The first-order valence-corrected chi connectivity index (χ1v) is 7.99. The van der Waals surface area contributed by atoms with Gasteiger partial charge in [-0.3, -0.25) is 4.79 Å². The van der Waals surface area contributed by atoms with E-state index in [1.54, 1.807) is 0 Å². The van der Waals surface area contributed by atoms with Crippen LogP contribution in [0.25, 0.3) is 0 Å². The van der Waals surface area contributed by atoms with Crippen molar-refractivity contribution in [3.8, 4) is 17.2 Å². The first-order valence-electron chi connectivity index (χ1n) is 7.99. The number of benzene rings is 2. The topological polar surface area (TPSA) is 66.8 Å². The summed E-state index contributed by atoms with van der Waals surface area (Å²) in [5.74, 6) is -0.253. The third-order valence-corrected chi connectivity index (χ3v) is 4.22. The average molecular weight is 324 g/mol. The van der Waals surface area contributed by atoms with Gasteiger partial charge in [0.05, 0.1) is 0 Å². The van der Waals surface area contributed by atoms with E-state index in [1.807, 2.05) is 43.3 Å². The molecule has 0 saturated heterocycles. The molecule has 0 aromatic heterocycles. The van der Waals surface area contributed by atoms with Crippen LogP contribution in [0.1, 0.15) is 34.8 Å². The maximum Gasteiger partial charge on any atom is 0.170 e. The number of aryl methyl sites for hydroxylation is 1. The Hall–Kier alpha value is -2.75. The third-order valence-electron chi connectivity index (χ3n) is 4.22. The van der Waals surface area contributed by atoms with Gasteiger partial charge in [-0.25, -0.2) is 0 Å². The lowest BCUT2D eigenvalue weighted by molar-refractivity contribution is 0.0977. The van der Waals surface area contributed by atoms with Crippen molar-refractivity contribution in [1.82, 2.24) is 0 Å². The number of allylic oxidation sites excluding steroid dienone is 1. The van der Waals surface area contributed by atoms with Crippen molar-refractivity contribution in [2.45, 2.75) is 26.2 Å². The predicted molar refractivity (Wildman–Crippen MR) is 91.8 cm³/mol. The Morgan fingerprint density at radius 3 is 2.71 bits per heavy atom. The smallest absolute Gasteiger partial charge is 0.170 e. The summed E-state index contributed by atoms with van der Waals surface area (Å²) in [6, 6.07) is 11.1. The molecule has 1 heterocycles. The Balaban J connectivity index is 1.86. The molecule has 0 saturated carbocycles. The van der Waals surface area contributed by atoms with Gasteiger partial charge in [-0.15, -0.1) is 0 Å². The number of fused-ring (bicyclic) bond motifs is 1. The zero-order chi connectivity index (χ0) is 17.1. The normalized spacial score (nSPS) is 13.5. The van der Waals surface area contributed by atoms with Crippen molar-refractivity contribution in [2.75, 3.05) is 6.61 Å². The van der Waals surface area contributed by atoms with Crippen molar-refractivity contribution < 1.29 is 19.7 Å². The van der Waals surface area contributed by atoms with Crippen LogP contribution in [-0.4, -0.2) is 22.6 Å². The Morgan fingerprint density at radius 1 is 1.21 bits per heavy atom. The summed E-state index contributed by atoms with van der Waals surface area (Å²) >= 11 is 0. The fraction of sp³-hybridized carbons (Fsp3) is 0.250. The molecule has 3 rings (SSSR count). The molecule has 4 heteroatoms. The molecule has 0 radical (unpaired) electrons. The minimum absolute atomic E-state index is 0.0127. The van der Waals surface area contributed by atoms with Gasteiger partial charge in [0.25, 0.3) is 0 Å². The molecular weight excluding hydrogens is 304 g/mol. The van der Waals surface area contributed by atoms with Crippen LogP contribution in [0.5, 0.6) is 17.2 Å². The summed E-state index contributed by atoms with van der Waals surface area (Å²) < 4.78 is 5.59. The molecule has 0 spiro atoms. The fourth-order valence-corrected chi connectivity index (χ4v) is 2.83. The summed E-state index contributed by atoms with van der Waals surface area (Å²) in [7, 11) is 0. The van der Waals surface area contributed by atoms with Crippen LogP contribution in [0.15, 0.2) is 48.0 Å². The molecule has 0 bridgehead atoms. The minimum Gasteiger partial charge on any atom is -0.507 e. The number of Topliss-reactive ketones (excluding diaryl/α,β-unsaturated/α-hetero) is 1. The Kier molecular flexibility index (Phi) is 4.56. The van der Waals surface area contributed by atoms with E-state index in [-0.39, 0.29) is 29.3 Å². The number of aromatic hydroxyl groups is 2. The van der Waals surface area contributed by atoms with E-state index in [4.69, 9.17) is 4.74 Å². The fourth-order valence-electron chi connectivity index (χ4n) is 2.83. The van der Waals surface area contributed by atoms with Gasteiger partial charge >= 0.3 is 0 Å². The number of ketones is 1. The highest BCUT2D eigenvalue weighted by Gasteiger charge is 2.24. The molecule has 0 unspecified atom stereocenters. The molecule has 2 N–H and O–H groups in total. The predicted octanol–water partition coefficient (Wildman–Crippen LogP) is 3.79. The van der Waals surface area contributed by atoms with Gasteiger partial charge in [0.2, 0.25) is 0 Å². The van der Waals surface area contributed by atoms with Crippen molar-refractivity contribution in [1.29, 1.82) is 0 Å². The Bertz CT molecular complexity index is 791. The van der Waals surface area contributed by atoms with Gasteiger partial charge < -0.3 is 14.9 Å². The van der Waals surface area contributed by atoms with Crippen LogP contribution in [0.4, 0.5) is 0 Å². The highest BCUT2D eigenvalue weighted by Crippen LogP contribution is 2.40. The average Bonchev–Trinajstić information content (AvgIpc) is 2.76. The number of ether oxygens (including phenoxy) is 1. The van der Waals surface area contributed by atoms with Crippen molar-refractivity contribution >= 4 is 5.78 Å². The van der Waals surface area contributed by atoms with Crippen LogP contribution in [0, 0.1) is 0 Å². The molecule has 1 aliphatic rings. The van der Waals surface area contributed by atoms with Crippen LogP contribution < -0.4 is 4.74 Å². The maximum atomic E-state index is 12.5. The molecule has 0 atom stereocenters. The van der Waals surface area contributed by atoms with Crippen LogP contribution >= 0.6 is 0 Å². The number of carbonyl (C=O) groups is 1. The first-order chi connectivity index (χ1) is 11.6. The third kappa shape index (κ3) is 3.27. The van der Waals surface area contributed by atoms with E-state index < -0.39 is 0 Å². The zero-order valence-electron chi connectivity index (χ0n) is 13.6. The number of phenols is 2. The molecular formula is C20H20O4. The summed E-state index contributed by atoms with van der Waals surface area (Å²) in [4.78, 5) is 12.5. The lowest BCUT2D eigenvalue weighted by atomic mass is 9.97. The zero-order valence-corrected chi connectivity index (χ0v) is 13.6. The van der Waals surface area contributed by atoms with E-state index in [1.165, 1.54) is 6.07 Å². The van der Waals surface area contributed by atoms with Gasteiger partial charge in [0.15, 0.2) is 5.78 Å². The highest BCUT2D eigenvalue weighted by molar-refractivity contribution is 6.02. The van der Waals surface area contributed by atoms with Crippen molar-refractivity contribution in [3.63, 3.8) is 0 Å². The molecule has 4 nitrogen and oxygen atoms in total. The largest absolute Gasteiger partial charge is 0.507 e. The summed E-state index contributed by atoms with van der Waals surface area (Å²) in [6.45, 7) is 2.35. The Labute approximate surface area is 141 Å². The van der Waals surface area contributed by atoms with Gasteiger partial charge in [-0.1, -0.05) is 36.4 Å². The highest BCUT2D eigenvalue weighted by atomic mass is 16.5. The number of phenolic OH excluding ortho intramolecular Hbond substituents is 2. The van der Waals surface area contributed by atoms with Crippen molar-refractivity contribution in [3.05, 3.63) is 64.7 Å². The number of rotatable bonds is 4. The quantitative estimate of drug-likeness (QED) is 0.663. The summed E-state index contributed by atoms with van der Waals surface area (Å²) in [5, 5.41) is 20.7. The van der Waals surface area contributed by atoms with E-state index in [0.29, 0.717) is 30.8 Å². The number of hydrogen-bond donors (Lipinski definition) is 2. The van der Waals surface area contributed by atoms with E-state index in [0.717, 1.165) is 11.1 Å². The molecule has 24 heavy (non-hydrogen) atoms. The van der Waals surface area contributed by atoms with Gasteiger partial charge in [-0.05, 0) is 30.9 Å². The number of carbonyl (C=O) groups excluding carboxylic acids is 1.